The number of imide groups is 1. The lowest BCUT2D eigenvalue weighted by Gasteiger charge is -2.32. The molecule has 0 radical (unpaired) electrons. The lowest BCUT2D eigenvalue weighted by molar-refractivity contribution is -0.137. The van der Waals surface area contributed by atoms with Crippen molar-refractivity contribution in [3.8, 4) is 0 Å². The van der Waals surface area contributed by atoms with Gasteiger partial charge in [0, 0.05) is 44.6 Å². The number of amides is 4. The van der Waals surface area contributed by atoms with Crippen LogP contribution in [0, 0.1) is 10.8 Å². The zero-order valence-electron chi connectivity index (χ0n) is 25.1. The monoisotopic (exact) mass is 537 g/mol. The number of carbonyl (C=O) groups excluding carboxylic acids is 4. The van der Waals surface area contributed by atoms with E-state index in [1.165, 1.54) is 12.2 Å². The summed E-state index contributed by atoms with van der Waals surface area (Å²) in [4.78, 5) is 48.6. The van der Waals surface area contributed by atoms with Crippen molar-refractivity contribution in [2.75, 3.05) is 32.8 Å². The van der Waals surface area contributed by atoms with Gasteiger partial charge in [0.2, 0.25) is 11.8 Å². The van der Waals surface area contributed by atoms with Crippen LogP contribution in [0.15, 0.2) is 12.2 Å². The van der Waals surface area contributed by atoms with Crippen LogP contribution < -0.4 is 10.6 Å². The third-order valence-corrected chi connectivity index (χ3v) is 6.27. The highest BCUT2D eigenvalue weighted by molar-refractivity contribution is 6.13. The normalized spacial score (nSPS) is 14.8. The number of carbonyl (C=O) groups is 4. The smallest absolute Gasteiger partial charge is 0.253 e. The molecule has 0 aliphatic carbocycles. The highest BCUT2D eigenvalue weighted by atomic mass is 16.5. The van der Waals surface area contributed by atoms with Gasteiger partial charge in [-0.1, -0.05) is 34.6 Å². The van der Waals surface area contributed by atoms with Crippen molar-refractivity contribution in [3.05, 3.63) is 12.2 Å². The van der Waals surface area contributed by atoms with E-state index in [1.807, 2.05) is 27.7 Å². The Morgan fingerprint density at radius 2 is 1.29 bits per heavy atom. The van der Waals surface area contributed by atoms with Crippen molar-refractivity contribution in [1.82, 2.24) is 15.5 Å². The molecule has 0 saturated carbocycles. The molecule has 1 rings (SSSR count). The zero-order chi connectivity index (χ0) is 29.2. The van der Waals surface area contributed by atoms with Gasteiger partial charge in [0.1, 0.15) is 0 Å². The molecule has 0 bridgehead atoms. The van der Waals surface area contributed by atoms with E-state index in [4.69, 9.17) is 9.47 Å². The third-order valence-electron chi connectivity index (χ3n) is 6.27. The first-order valence-corrected chi connectivity index (χ1v) is 13.7. The fraction of sp³-hybridized carbons (Fsp3) is 0.793. The lowest BCUT2D eigenvalue weighted by atomic mass is 9.74. The summed E-state index contributed by atoms with van der Waals surface area (Å²) in [5.74, 6) is -0.935. The van der Waals surface area contributed by atoms with Gasteiger partial charge in [0.15, 0.2) is 0 Å². The van der Waals surface area contributed by atoms with Crippen LogP contribution in [0.1, 0.15) is 94.4 Å². The molecular formula is C29H51N3O6. The van der Waals surface area contributed by atoms with E-state index < -0.39 is 11.2 Å². The van der Waals surface area contributed by atoms with E-state index in [9.17, 15) is 19.2 Å². The first-order chi connectivity index (χ1) is 17.3. The van der Waals surface area contributed by atoms with Gasteiger partial charge in [-0.2, -0.15) is 0 Å². The third kappa shape index (κ3) is 14.6. The Bertz CT molecular complexity index is 837. The largest absolute Gasteiger partial charge is 0.375 e. The van der Waals surface area contributed by atoms with Crippen molar-refractivity contribution in [2.45, 2.75) is 106 Å². The number of nitrogens with zero attached hydrogens (tertiary/aromatic N) is 1. The van der Waals surface area contributed by atoms with Crippen LogP contribution in [0.25, 0.3) is 0 Å². The molecule has 4 amide bonds. The van der Waals surface area contributed by atoms with Crippen molar-refractivity contribution in [3.63, 3.8) is 0 Å². The summed E-state index contributed by atoms with van der Waals surface area (Å²) in [5.41, 5.74) is -0.721. The minimum atomic E-state index is -0.442. The lowest BCUT2D eigenvalue weighted by Crippen LogP contribution is -2.37. The Labute approximate surface area is 229 Å². The predicted octanol–water partition coefficient (Wildman–Crippen LogP) is 3.76. The summed E-state index contributed by atoms with van der Waals surface area (Å²) in [6, 6.07) is 0. The van der Waals surface area contributed by atoms with Crippen LogP contribution in [0.2, 0.25) is 0 Å². The van der Waals surface area contributed by atoms with Gasteiger partial charge in [-0.25, -0.2) is 0 Å². The fourth-order valence-electron chi connectivity index (χ4n) is 4.69. The molecule has 38 heavy (non-hydrogen) atoms. The first kappa shape index (κ1) is 33.8. The molecule has 1 aliphatic heterocycles. The second-order valence-electron chi connectivity index (χ2n) is 13.4. The van der Waals surface area contributed by atoms with Crippen LogP contribution >= 0.6 is 0 Å². The van der Waals surface area contributed by atoms with Gasteiger partial charge < -0.3 is 20.1 Å². The van der Waals surface area contributed by atoms with Crippen LogP contribution in [0.4, 0.5) is 0 Å². The first-order valence-electron chi connectivity index (χ1n) is 13.7. The van der Waals surface area contributed by atoms with Crippen LogP contribution in [0.3, 0.4) is 0 Å². The summed E-state index contributed by atoms with van der Waals surface area (Å²) in [7, 11) is 0. The molecule has 0 atom stereocenters. The molecule has 0 spiro atoms. The summed E-state index contributed by atoms with van der Waals surface area (Å²) >= 11 is 0. The molecule has 2 N–H and O–H groups in total. The average Bonchev–Trinajstić information content (AvgIpc) is 3.04. The Hall–Kier alpha value is -2.26. The zero-order valence-corrected chi connectivity index (χ0v) is 25.1. The fourth-order valence-corrected chi connectivity index (χ4v) is 4.69. The molecule has 1 aliphatic rings. The molecule has 0 fully saturated rings. The highest BCUT2D eigenvalue weighted by Gasteiger charge is 2.28. The summed E-state index contributed by atoms with van der Waals surface area (Å²) in [6.07, 6.45) is 5.25. The number of hydrogen-bond donors (Lipinski definition) is 2. The van der Waals surface area contributed by atoms with Crippen molar-refractivity contribution >= 4 is 23.6 Å². The molecule has 9 nitrogen and oxygen atoms in total. The van der Waals surface area contributed by atoms with E-state index in [0.29, 0.717) is 45.6 Å². The topological polar surface area (TPSA) is 114 Å². The van der Waals surface area contributed by atoms with E-state index in [-0.39, 0.29) is 47.4 Å². The second kappa shape index (κ2) is 14.2. The van der Waals surface area contributed by atoms with E-state index in [2.05, 4.69) is 45.3 Å². The molecule has 0 aromatic rings. The number of hydrogen-bond acceptors (Lipinski definition) is 6. The van der Waals surface area contributed by atoms with Gasteiger partial charge in [-0.15, -0.1) is 0 Å². The predicted molar refractivity (Wildman–Crippen MR) is 148 cm³/mol. The maximum absolute atomic E-state index is 12.4. The van der Waals surface area contributed by atoms with Crippen LogP contribution in [0.5, 0.6) is 0 Å². The number of ether oxygens (including phenoxy) is 2. The maximum Gasteiger partial charge on any atom is 0.253 e. The Morgan fingerprint density at radius 3 is 1.87 bits per heavy atom. The standard InChI is InChI=1S/C29H51N3O6/c1-26(2,3)21-27(4,5)20-23(34)31-16-19-38-29(8,9)14-18-37-28(6,7)13-15-30-22(33)12-17-32-24(35)10-11-25(32)36/h10-11H,12-21H2,1-9H3,(H,30,33)(H,31,34). The Kier molecular flexibility index (Phi) is 12.6. The number of nitrogens with one attached hydrogen (secondary N) is 2. The van der Waals surface area contributed by atoms with Gasteiger partial charge >= 0.3 is 0 Å². The minimum absolute atomic E-state index is 0.0489. The minimum Gasteiger partial charge on any atom is -0.375 e. The van der Waals surface area contributed by atoms with E-state index >= 15 is 0 Å². The second-order valence-corrected chi connectivity index (χ2v) is 13.4. The SMILES string of the molecule is CC(C)(C)CC(C)(C)CC(=O)NCCOC(C)(C)CCOC(C)(C)CCNC(=O)CCN1C(=O)C=CC1=O. The van der Waals surface area contributed by atoms with Gasteiger partial charge in [-0.05, 0) is 57.8 Å². The summed E-state index contributed by atoms with van der Waals surface area (Å²) in [6.45, 7) is 20.7. The summed E-state index contributed by atoms with van der Waals surface area (Å²) < 4.78 is 12.0. The Morgan fingerprint density at radius 1 is 0.763 bits per heavy atom. The molecule has 218 valence electrons. The average molecular weight is 538 g/mol. The molecule has 1 heterocycles. The van der Waals surface area contributed by atoms with Crippen LogP contribution in [-0.2, 0) is 28.7 Å². The van der Waals surface area contributed by atoms with Crippen LogP contribution in [-0.4, -0.2) is 72.6 Å². The molecular weight excluding hydrogens is 486 g/mol. The van der Waals surface area contributed by atoms with Gasteiger partial charge in [0.25, 0.3) is 11.8 Å². The van der Waals surface area contributed by atoms with E-state index in [0.717, 1.165) is 11.3 Å². The highest BCUT2D eigenvalue weighted by Crippen LogP contribution is 2.35. The van der Waals surface area contributed by atoms with Crippen molar-refractivity contribution < 1.29 is 28.7 Å². The van der Waals surface area contributed by atoms with Gasteiger partial charge in [0.05, 0.1) is 24.4 Å². The quantitative estimate of drug-likeness (QED) is 0.216. The molecule has 0 saturated heterocycles. The summed E-state index contributed by atoms with van der Waals surface area (Å²) in [5, 5.41) is 5.79. The van der Waals surface area contributed by atoms with Crippen molar-refractivity contribution in [1.29, 1.82) is 0 Å². The number of rotatable bonds is 17. The van der Waals surface area contributed by atoms with Crippen molar-refractivity contribution in [2.24, 2.45) is 10.8 Å². The van der Waals surface area contributed by atoms with E-state index in [1.54, 1.807) is 0 Å². The maximum atomic E-state index is 12.4. The molecule has 9 heteroatoms. The molecule has 0 aromatic heterocycles. The molecule has 0 aromatic carbocycles. The van der Waals surface area contributed by atoms with Gasteiger partial charge in [-0.3, -0.25) is 24.1 Å². The Balaban J connectivity index is 2.22. The molecule has 0 unspecified atom stereocenters.